The van der Waals surface area contributed by atoms with Crippen LogP contribution in [0.2, 0.25) is 0 Å². The smallest absolute Gasteiger partial charge is 0.191 e. The van der Waals surface area contributed by atoms with Gasteiger partial charge < -0.3 is 20.1 Å². The highest BCUT2D eigenvalue weighted by Gasteiger charge is 2.17. The predicted octanol–water partition coefficient (Wildman–Crippen LogP) is 2.22. The highest BCUT2D eigenvalue weighted by molar-refractivity contribution is 5.79. The summed E-state index contributed by atoms with van der Waals surface area (Å²) < 4.78 is 1.99. The molecule has 2 heterocycles. The molecule has 2 N–H and O–H groups in total. The molecule has 26 heavy (non-hydrogen) atoms. The zero-order valence-electron chi connectivity index (χ0n) is 17.1. The lowest BCUT2D eigenvalue weighted by molar-refractivity contribution is 0.159. The van der Waals surface area contributed by atoms with Crippen LogP contribution in [0.5, 0.6) is 0 Å². The zero-order valence-corrected chi connectivity index (χ0v) is 17.1. The summed E-state index contributed by atoms with van der Waals surface area (Å²) in [4.78, 5) is 7.32. The van der Waals surface area contributed by atoms with Crippen LogP contribution in [-0.2, 0) is 13.6 Å². The fourth-order valence-corrected chi connectivity index (χ4v) is 3.28. The Bertz CT molecular complexity index is 552. The number of aliphatic imine (C=N–C) groups is 1. The number of hydrogen-bond donors (Lipinski definition) is 2. The van der Waals surface area contributed by atoms with E-state index in [2.05, 4.69) is 39.6 Å². The molecule has 7 nitrogen and oxygen atoms in total. The molecule has 1 aromatic rings. The minimum absolute atomic E-state index is 0.544. The van der Waals surface area contributed by atoms with Gasteiger partial charge in [-0.1, -0.05) is 19.8 Å². The van der Waals surface area contributed by atoms with Gasteiger partial charge in [0.1, 0.15) is 12.4 Å². The van der Waals surface area contributed by atoms with Crippen LogP contribution < -0.4 is 10.6 Å². The fourth-order valence-electron chi connectivity index (χ4n) is 3.28. The summed E-state index contributed by atoms with van der Waals surface area (Å²) in [6, 6.07) is 0.735. The average Bonchev–Trinajstić information content (AvgIpc) is 2.96. The maximum Gasteiger partial charge on any atom is 0.191 e. The topological polar surface area (TPSA) is 70.4 Å². The van der Waals surface area contributed by atoms with Gasteiger partial charge in [0, 0.05) is 32.7 Å². The Morgan fingerprint density at radius 2 is 1.96 bits per heavy atom. The predicted molar refractivity (Wildman–Crippen MR) is 107 cm³/mol. The molecule has 2 rings (SSSR count). The summed E-state index contributed by atoms with van der Waals surface area (Å²) in [5, 5.41) is 15.2. The lowest BCUT2D eigenvalue weighted by Gasteiger charge is -2.33. The van der Waals surface area contributed by atoms with Crippen molar-refractivity contribution in [2.75, 3.05) is 26.2 Å². The van der Waals surface area contributed by atoms with E-state index >= 15 is 0 Å². The van der Waals surface area contributed by atoms with Crippen LogP contribution >= 0.6 is 0 Å². The van der Waals surface area contributed by atoms with Crippen molar-refractivity contribution in [1.82, 2.24) is 30.3 Å². The Morgan fingerprint density at radius 3 is 2.62 bits per heavy atom. The van der Waals surface area contributed by atoms with Gasteiger partial charge in [0.05, 0.1) is 0 Å². The number of unbranched alkanes of at least 4 members (excludes halogenated alkanes) is 1. The van der Waals surface area contributed by atoms with Gasteiger partial charge in [0.2, 0.25) is 0 Å². The van der Waals surface area contributed by atoms with Gasteiger partial charge in [-0.3, -0.25) is 0 Å². The number of aryl methyl sites for hydroxylation is 1. The van der Waals surface area contributed by atoms with E-state index < -0.39 is 0 Å². The molecule has 0 radical (unpaired) electrons. The molecule has 0 bridgehead atoms. The third kappa shape index (κ3) is 6.59. The highest BCUT2D eigenvalue weighted by atomic mass is 15.3. The largest absolute Gasteiger partial charge is 0.356 e. The first-order chi connectivity index (χ1) is 12.6. The van der Waals surface area contributed by atoms with E-state index in [1.54, 1.807) is 0 Å². The van der Waals surface area contributed by atoms with Crippen LogP contribution in [-0.4, -0.2) is 57.8 Å². The number of guanidine groups is 1. The molecule has 1 aromatic heterocycles. The van der Waals surface area contributed by atoms with E-state index in [-0.39, 0.29) is 0 Å². The maximum atomic E-state index is 4.70. The van der Waals surface area contributed by atoms with E-state index in [0.717, 1.165) is 49.6 Å². The number of nitrogens with one attached hydrogen (secondary N) is 2. The van der Waals surface area contributed by atoms with Gasteiger partial charge in [-0.2, -0.15) is 0 Å². The second-order valence-electron chi connectivity index (χ2n) is 7.33. The van der Waals surface area contributed by atoms with Crippen molar-refractivity contribution in [3.8, 4) is 0 Å². The molecule has 7 heteroatoms. The Balaban J connectivity index is 1.79. The molecule has 0 aliphatic carbocycles. The monoisotopic (exact) mass is 363 g/mol. The summed E-state index contributed by atoms with van der Waals surface area (Å²) in [6.45, 7) is 11.4. The van der Waals surface area contributed by atoms with Crippen LogP contribution in [0.25, 0.3) is 0 Å². The van der Waals surface area contributed by atoms with Crippen molar-refractivity contribution in [3.05, 3.63) is 11.6 Å². The minimum Gasteiger partial charge on any atom is -0.356 e. The van der Waals surface area contributed by atoms with Crippen molar-refractivity contribution >= 4 is 5.96 Å². The first-order valence-corrected chi connectivity index (χ1v) is 10.2. The van der Waals surface area contributed by atoms with E-state index in [9.17, 15) is 0 Å². The SMILES string of the molecule is CCCCNC(=NCc1nnc(C)n1C)NCCCN1CCCCC1C. The van der Waals surface area contributed by atoms with Crippen molar-refractivity contribution in [2.45, 2.75) is 71.9 Å². The van der Waals surface area contributed by atoms with Crippen LogP contribution in [0.15, 0.2) is 4.99 Å². The first-order valence-electron chi connectivity index (χ1n) is 10.2. The first kappa shape index (κ1) is 20.7. The molecule has 1 atom stereocenters. The number of piperidine rings is 1. The quantitative estimate of drug-likeness (QED) is 0.400. The Hall–Kier alpha value is -1.63. The molecule has 0 saturated carbocycles. The minimum atomic E-state index is 0.544. The van der Waals surface area contributed by atoms with E-state index in [1.807, 2.05) is 18.5 Å². The Morgan fingerprint density at radius 1 is 1.19 bits per heavy atom. The highest BCUT2D eigenvalue weighted by Crippen LogP contribution is 2.16. The Labute approximate surface area is 158 Å². The molecule has 148 valence electrons. The molecule has 0 spiro atoms. The van der Waals surface area contributed by atoms with Gasteiger partial charge in [0.15, 0.2) is 11.8 Å². The molecule has 1 fully saturated rings. The average molecular weight is 364 g/mol. The molecular weight excluding hydrogens is 326 g/mol. The number of nitrogens with zero attached hydrogens (tertiary/aromatic N) is 5. The van der Waals surface area contributed by atoms with Gasteiger partial charge in [-0.15, -0.1) is 10.2 Å². The summed E-state index contributed by atoms with van der Waals surface area (Å²) in [5.41, 5.74) is 0. The zero-order chi connectivity index (χ0) is 18.8. The van der Waals surface area contributed by atoms with Crippen molar-refractivity contribution in [1.29, 1.82) is 0 Å². The van der Waals surface area contributed by atoms with Gasteiger partial charge >= 0.3 is 0 Å². The number of aromatic nitrogens is 3. The van der Waals surface area contributed by atoms with Crippen LogP contribution in [0, 0.1) is 6.92 Å². The van der Waals surface area contributed by atoms with Gasteiger partial charge in [0.25, 0.3) is 0 Å². The number of rotatable bonds is 9. The summed E-state index contributed by atoms with van der Waals surface area (Å²) >= 11 is 0. The molecular formula is C19H37N7. The fraction of sp³-hybridized carbons (Fsp3) is 0.842. The molecule has 1 aliphatic heterocycles. The standard InChI is InChI=1S/C19H37N7/c1-5-6-11-20-19(22-15-18-24-23-17(3)25(18)4)21-12-9-14-26-13-8-7-10-16(26)2/h16H,5-15H2,1-4H3,(H2,20,21,22). The third-order valence-corrected chi connectivity index (χ3v) is 5.24. The lowest BCUT2D eigenvalue weighted by atomic mass is 10.0. The number of likely N-dealkylation sites (tertiary alicyclic amines) is 1. The van der Waals surface area contributed by atoms with Crippen molar-refractivity contribution in [2.24, 2.45) is 12.0 Å². The van der Waals surface area contributed by atoms with E-state index in [4.69, 9.17) is 4.99 Å². The van der Waals surface area contributed by atoms with E-state index in [1.165, 1.54) is 38.8 Å². The maximum absolute atomic E-state index is 4.70. The number of hydrogen-bond acceptors (Lipinski definition) is 4. The summed E-state index contributed by atoms with van der Waals surface area (Å²) in [5.74, 6) is 2.69. The Kier molecular flexibility index (Phi) is 8.88. The molecule has 1 saturated heterocycles. The van der Waals surface area contributed by atoms with Gasteiger partial charge in [-0.05, 0) is 46.1 Å². The molecule has 1 aliphatic rings. The van der Waals surface area contributed by atoms with Gasteiger partial charge in [-0.25, -0.2) is 4.99 Å². The van der Waals surface area contributed by atoms with Crippen LogP contribution in [0.3, 0.4) is 0 Å². The van der Waals surface area contributed by atoms with Crippen molar-refractivity contribution < 1.29 is 0 Å². The summed E-state index contributed by atoms with van der Waals surface area (Å²) in [7, 11) is 1.98. The molecule has 0 amide bonds. The van der Waals surface area contributed by atoms with Crippen molar-refractivity contribution in [3.63, 3.8) is 0 Å². The molecule has 1 unspecified atom stereocenters. The van der Waals surface area contributed by atoms with E-state index in [0.29, 0.717) is 6.54 Å². The lowest BCUT2D eigenvalue weighted by Crippen LogP contribution is -2.41. The second kappa shape index (κ2) is 11.2. The normalized spacial score (nSPS) is 18.9. The van der Waals surface area contributed by atoms with Crippen LogP contribution in [0.1, 0.15) is 64.0 Å². The third-order valence-electron chi connectivity index (χ3n) is 5.24. The second-order valence-corrected chi connectivity index (χ2v) is 7.33. The van der Waals surface area contributed by atoms with Crippen LogP contribution in [0.4, 0.5) is 0 Å². The molecule has 0 aromatic carbocycles. The summed E-state index contributed by atoms with van der Waals surface area (Å²) in [6.07, 6.45) is 7.54.